The van der Waals surface area contributed by atoms with Crippen molar-refractivity contribution in [1.82, 2.24) is 16.0 Å². The van der Waals surface area contributed by atoms with E-state index in [0.717, 1.165) is 0 Å². The Hall–Kier alpha value is -1.96. The van der Waals surface area contributed by atoms with Gasteiger partial charge in [-0.25, -0.2) is 0 Å². The van der Waals surface area contributed by atoms with Crippen molar-refractivity contribution < 1.29 is 19.2 Å². The van der Waals surface area contributed by atoms with E-state index in [2.05, 4.69) is 16.0 Å². The van der Waals surface area contributed by atoms with Crippen LogP contribution in [0.5, 0.6) is 0 Å². The molecule has 0 aromatic rings. The number of carbonyl (C=O) groups excluding carboxylic acids is 4. The largest absolute Gasteiger partial charge is 0.345 e. The second kappa shape index (κ2) is 11.6. The van der Waals surface area contributed by atoms with Crippen molar-refractivity contribution in [3.8, 4) is 0 Å². The van der Waals surface area contributed by atoms with Crippen molar-refractivity contribution >= 4 is 24.0 Å². The highest BCUT2D eigenvalue weighted by atomic mass is 16.2. The van der Waals surface area contributed by atoms with Crippen LogP contribution in [0.2, 0.25) is 0 Å². The van der Waals surface area contributed by atoms with Gasteiger partial charge in [0.1, 0.15) is 6.04 Å². The standard InChI is InChI=1S/C16H29N4O4/c1-10(2)5-12(9-21)19-15(23)8-18-16(24)13(6-11(3)4)20-14(22)7-17/h10-13H,5-8,17H2,1-4H3,(H,18,24)(H,19,23)(H,20,22)/t12-,13-/m0/s1. The van der Waals surface area contributed by atoms with Gasteiger partial charge >= 0.3 is 0 Å². The first-order chi connectivity index (χ1) is 11.2. The van der Waals surface area contributed by atoms with Gasteiger partial charge in [-0.15, -0.1) is 0 Å². The highest BCUT2D eigenvalue weighted by Crippen LogP contribution is 2.05. The smallest absolute Gasteiger partial charge is 0.243 e. The molecular formula is C16H29N4O4. The van der Waals surface area contributed by atoms with E-state index in [-0.39, 0.29) is 24.9 Å². The molecule has 0 aromatic carbocycles. The SMILES string of the molecule is CC(C)C[C@@H]([C]=O)NC(=O)CNC(=O)[C@H](CC(C)C)NC(=O)CN. The third-order valence-electron chi connectivity index (χ3n) is 3.15. The lowest BCUT2D eigenvalue weighted by atomic mass is 10.0. The van der Waals surface area contributed by atoms with E-state index in [4.69, 9.17) is 5.73 Å². The Bertz CT molecular complexity index is 438. The second-order valence-corrected chi connectivity index (χ2v) is 6.54. The number of rotatable bonds is 11. The fourth-order valence-corrected chi connectivity index (χ4v) is 2.10. The lowest BCUT2D eigenvalue weighted by Crippen LogP contribution is -2.51. The first-order valence-electron chi connectivity index (χ1n) is 8.13. The van der Waals surface area contributed by atoms with Crippen LogP contribution in [-0.2, 0) is 19.2 Å². The molecule has 0 unspecified atom stereocenters. The summed E-state index contributed by atoms with van der Waals surface area (Å²) in [5, 5.41) is 7.49. The van der Waals surface area contributed by atoms with Crippen molar-refractivity contribution in [3.05, 3.63) is 0 Å². The molecule has 0 fully saturated rings. The van der Waals surface area contributed by atoms with E-state index in [0.29, 0.717) is 12.8 Å². The molecule has 0 saturated carbocycles. The maximum Gasteiger partial charge on any atom is 0.243 e. The van der Waals surface area contributed by atoms with Crippen molar-refractivity contribution in [2.75, 3.05) is 13.1 Å². The fraction of sp³-hybridized carbons (Fsp3) is 0.750. The number of hydrogen-bond acceptors (Lipinski definition) is 5. The summed E-state index contributed by atoms with van der Waals surface area (Å²) in [5.41, 5.74) is 5.24. The van der Waals surface area contributed by atoms with E-state index >= 15 is 0 Å². The number of hydrogen-bond donors (Lipinski definition) is 4. The van der Waals surface area contributed by atoms with Gasteiger partial charge in [0.2, 0.25) is 24.0 Å². The highest BCUT2D eigenvalue weighted by Gasteiger charge is 2.22. The maximum absolute atomic E-state index is 12.1. The molecule has 2 atom stereocenters. The zero-order valence-electron chi connectivity index (χ0n) is 14.8. The Morgan fingerprint density at radius 1 is 0.958 bits per heavy atom. The lowest BCUT2D eigenvalue weighted by Gasteiger charge is -2.20. The summed E-state index contributed by atoms with van der Waals surface area (Å²) < 4.78 is 0. The van der Waals surface area contributed by atoms with E-state index < -0.39 is 29.8 Å². The minimum absolute atomic E-state index is 0.174. The molecule has 0 aliphatic rings. The molecule has 5 N–H and O–H groups in total. The van der Waals surface area contributed by atoms with Crippen LogP contribution in [0.3, 0.4) is 0 Å². The molecule has 8 nitrogen and oxygen atoms in total. The van der Waals surface area contributed by atoms with Crippen LogP contribution in [0.4, 0.5) is 0 Å². The molecule has 0 aliphatic heterocycles. The molecular weight excluding hydrogens is 312 g/mol. The van der Waals surface area contributed by atoms with Crippen LogP contribution < -0.4 is 21.7 Å². The topological polar surface area (TPSA) is 130 Å². The van der Waals surface area contributed by atoms with Crippen molar-refractivity contribution in [2.45, 2.75) is 52.6 Å². The van der Waals surface area contributed by atoms with Gasteiger partial charge in [-0.3, -0.25) is 19.2 Å². The first kappa shape index (κ1) is 22.0. The molecule has 3 amide bonds. The third kappa shape index (κ3) is 9.94. The van der Waals surface area contributed by atoms with E-state index in [9.17, 15) is 19.2 Å². The predicted molar refractivity (Wildman–Crippen MR) is 90.5 cm³/mol. The van der Waals surface area contributed by atoms with Gasteiger partial charge < -0.3 is 21.7 Å². The van der Waals surface area contributed by atoms with Gasteiger partial charge in [-0.1, -0.05) is 27.7 Å². The van der Waals surface area contributed by atoms with Crippen LogP contribution in [-0.4, -0.2) is 49.2 Å². The van der Waals surface area contributed by atoms with Gasteiger partial charge in [-0.2, -0.15) is 0 Å². The zero-order chi connectivity index (χ0) is 18.7. The maximum atomic E-state index is 12.1. The van der Waals surface area contributed by atoms with Gasteiger partial charge in [-0.05, 0) is 24.7 Å². The Morgan fingerprint density at radius 3 is 2.00 bits per heavy atom. The van der Waals surface area contributed by atoms with E-state index in [1.807, 2.05) is 27.7 Å². The Labute approximate surface area is 143 Å². The van der Waals surface area contributed by atoms with Crippen LogP contribution in [0, 0.1) is 11.8 Å². The van der Waals surface area contributed by atoms with Crippen LogP contribution >= 0.6 is 0 Å². The Balaban J connectivity index is 4.51. The van der Waals surface area contributed by atoms with Gasteiger partial charge in [0.15, 0.2) is 0 Å². The summed E-state index contributed by atoms with van der Waals surface area (Å²) in [5.74, 6) is -0.976. The Kier molecular flexibility index (Phi) is 10.6. The zero-order valence-corrected chi connectivity index (χ0v) is 14.8. The number of amides is 3. The van der Waals surface area contributed by atoms with Crippen molar-refractivity contribution in [2.24, 2.45) is 17.6 Å². The molecule has 1 radical (unpaired) electrons. The number of nitrogens with one attached hydrogen (secondary N) is 3. The Morgan fingerprint density at radius 2 is 1.54 bits per heavy atom. The molecule has 0 rings (SSSR count). The average molecular weight is 341 g/mol. The monoisotopic (exact) mass is 341 g/mol. The van der Waals surface area contributed by atoms with Gasteiger partial charge in [0.05, 0.1) is 19.1 Å². The van der Waals surface area contributed by atoms with Crippen LogP contribution in [0.1, 0.15) is 40.5 Å². The number of nitrogens with two attached hydrogens (primary N) is 1. The first-order valence-corrected chi connectivity index (χ1v) is 8.13. The summed E-state index contributed by atoms with van der Waals surface area (Å²) >= 11 is 0. The summed E-state index contributed by atoms with van der Waals surface area (Å²) in [4.78, 5) is 46.2. The predicted octanol–water partition coefficient (Wildman–Crippen LogP) is -0.767. The lowest BCUT2D eigenvalue weighted by molar-refractivity contribution is -0.130. The summed E-state index contributed by atoms with van der Waals surface area (Å²) in [6, 6.07) is -1.45. The van der Waals surface area contributed by atoms with Crippen molar-refractivity contribution in [3.63, 3.8) is 0 Å². The molecule has 0 bridgehead atoms. The van der Waals surface area contributed by atoms with Crippen LogP contribution in [0.15, 0.2) is 0 Å². The molecule has 0 spiro atoms. The van der Waals surface area contributed by atoms with E-state index in [1.165, 1.54) is 0 Å². The molecule has 0 aliphatic carbocycles. The summed E-state index contributed by atoms with van der Waals surface area (Å²) in [6.45, 7) is 7.19. The van der Waals surface area contributed by atoms with Gasteiger partial charge in [0, 0.05) is 0 Å². The van der Waals surface area contributed by atoms with Crippen LogP contribution in [0.25, 0.3) is 0 Å². The third-order valence-corrected chi connectivity index (χ3v) is 3.15. The summed E-state index contributed by atoms with van der Waals surface area (Å²) in [7, 11) is 0. The highest BCUT2D eigenvalue weighted by molar-refractivity contribution is 5.91. The summed E-state index contributed by atoms with van der Waals surface area (Å²) in [6.07, 6.45) is 2.67. The average Bonchev–Trinajstić information content (AvgIpc) is 2.50. The molecule has 0 aromatic heterocycles. The quantitative estimate of drug-likeness (QED) is 0.392. The molecule has 0 saturated heterocycles. The minimum Gasteiger partial charge on any atom is -0.345 e. The van der Waals surface area contributed by atoms with Gasteiger partial charge in [0.25, 0.3) is 0 Å². The molecule has 24 heavy (non-hydrogen) atoms. The second-order valence-electron chi connectivity index (χ2n) is 6.54. The molecule has 0 heterocycles. The van der Waals surface area contributed by atoms with E-state index in [1.54, 1.807) is 6.29 Å². The molecule has 137 valence electrons. The minimum atomic E-state index is -0.752. The normalized spacial score (nSPS) is 13.3. The molecule has 8 heteroatoms. The number of carbonyl (C=O) groups is 3. The fourth-order valence-electron chi connectivity index (χ4n) is 2.10. The van der Waals surface area contributed by atoms with Crippen molar-refractivity contribution in [1.29, 1.82) is 0 Å².